The van der Waals surface area contributed by atoms with Crippen molar-refractivity contribution in [1.29, 1.82) is 0 Å². The number of aryl methyl sites for hydroxylation is 1. The summed E-state index contributed by atoms with van der Waals surface area (Å²) in [5, 5.41) is 4.42. The summed E-state index contributed by atoms with van der Waals surface area (Å²) in [6.45, 7) is 2.95. The molecule has 1 aliphatic carbocycles. The lowest BCUT2D eigenvalue weighted by atomic mass is 9.85. The molecule has 1 aliphatic rings. The van der Waals surface area contributed by atoms with E-state index in [1.807, 2.05) is 10.9 Å². The van der Waals surface area contributed by atoms with Gasteiger partial charge in [-0.1, -0.05) is 12.8 Å². The number of hydrogen-bond donors (Lipinski definition) is 2. The molecule has 2 rings (SSSR count). The van der Waals surface area contributed by atoms with Gasteiger partial charge in [0.05, 0.1) is 22.4 Å². The van der Waals surface area contributed by atoms with Crippen LogP contribution >= 0.6 is 15.9 Å². The van der Waals surface area contributed by atoms with Gasteiger partial charge in [0.2, 0.25) is 0 Å². The van der Waals surface area contributed by atoms with E-state index in [-0.39, 0.29) is 11.6 Å². The summed E-state index contributed by atoms with van der Waals surface area (Å²) in [5.41, 5.74) is 4.28. The van der Waals surface area contributed by atoms with Crippen molar-refractivity contribution in [3.8, 4) is 0 Å². The van der Waals surface area contributed by atoms with E-state index in [2.05, 4.69) is 52.4 Å². The predicted octanol–water partition coefficient (Wildman–Crippen LogP) is 2.04. The highest BCUT2D eigenvalue weighted by Gasteiger charge is 2.45. The van der Waals surface area contributed by atoms with E-state index in [4.69, 9.17) is 5.84 Å². The molecule has 0 bridgehead atoms. The number of halogens is 1. The summed E-state index contributed by atoms with van der Waals surface area (Å²) in [4.78, 5) is 2.32. The number of likely N-dealkylation sites (N-methyl/N-ethyl adjacent to an activating group) is 1. The van der Waals surface area contributed by atoms with Crippen LogP contribution in [0.15, 0.2) is 10.7 Å². The molecule has 1 saturated carbocycles. The second kappa shape index (κ2) is 5.91. The van der Waals surface area contributed by atoms with Crippen molar-refractivity contribution < 1.29 is 0 Å². The summed E-state index contributed by atoms with van der Waals surface area (Å²) in [6.07, 6.45) is 6.70. The number of nitrogens with zero attached hydrogens (tertiary/aromatic N) is 3. The van der Waals surface area contributed by atoms with Crippen LogP contribution in [0.3, 0.4) is 0 Å². The monoisotopic (exact) mass is 329 g/mol. The number of nitrogens with one attached hydrogen (secondary N) is 1. The van der Waals surface area contributed by atoms with Gasteiger partial charge < -0.3 is 4.90 Å². The zero-order valence-corrected chi connectivity index (χ0v) is 13.6. The minimum absolute atomic E-state index is 0.0736. The van der Waals surface area contributed by atoms with Gasteiger partial charge in [-0.3, -0.25) is 10.5 Å². The van der Waals surface area contributed by atoms with Crippen LogP contribution in [0.2, 0.25) is 0 Å². The molecule has 0 saturated heterocycles. The van der Waals surface area contributed by atoms with Crippen molar-refractivity contribution >= 4 is 15.9 Å². The Morgan fingerprint density at radius 2 is 2.16 bits per heavy atom. The lowest BCUT2D eigenvalue weighted by molar-refractivity contribution is 0.0998. The van der Waals surface area contributed by atoms with Crippen molar-refractivity contribution in [2.45, 2.75) is 50.7 Å². The number of hydrogen-bond acceptors (Lipinski definition) is 4. The van der Waals surface area contributed by atoms with E-state index in [1.165, 1.54) is 12.8 Å². The fraction of sp³-hybridized carbons (Fsp3) is 0.769. The van der Waals surface area contributed by atoms with E-state index >= 15 is 0 Å². The first kappa shape index (κ1) is 15.0. The Hall–Kier alpha value is -0.430. The lowest BCUT2D eigenvalue weighted by Gasteiger charge is -2.43. The molecule has 5 nitrogen and oxygen atoms in total. The van der Waals surface area contributed by atoms with Crippen molar-refractivity contribution in [1.82, 2.24) is 20.1 Å². The van der Waals surface area contributed by atoms with E-state index in [9.17, 15) is 0 Å². The van der Waals surface area contributed by atoms with E-state index in [1.54, 1.807) is 0 Å². The van der Waals surface area contributed by atoms with Gasteiger partial charge in [-0.15, -0.1) is 0 Å². The average Bonchev–Trinajstić information content (AvgIpc) is 3.00. The van der Waals surface area contributed by atoms with Crippen LogP contribution in [0.25, 0.3) is 0 Å². The molecule has 3 N–H and O–H groups in total. The zero-order valence-electron chi connectivity index (χ0n) is 12.0. The minimum atomic E-state index is 0.0736. The van der Waals surface area contributed by atoms with Gasteiger partial charge in [0.15, 0.2) is 0 Å². The topological polar surface area (TPSA) is 59.1 Å². The first-order chi connectivity index (χ1) is 9.06. The maximum Gasteiger partial charge on any atom is 0.0823 e. The largest absolute Gasteiger partial charge is 0.302 e. The van der Waals surface area contributed by atoms with Gasteiger partial charge in [-0.25, -0.2) is 5.43 Å². The quantitative estimate of drug-likeness (QED) is 0.641. The molecule has 1 unspecified atom stereocenters. The molecule has 0 aromatic carbocycles. The number of rotatable bonds is 5. The highest BCUT2D eigenvalue weighted by atomic mass is 79.9. The van der Waals surface area contributed by atoms with E-state index in [0.717, 1.165) is 29.6 Å². The summed E-state index contributed by atoms with van der Waals surface area (Å²) in [7, 11) is 4.30. The standard InChI is InChI=1S/C13H24BrN5/c1-4-19-11(10(14)9-16-19)12(17-15)13(18(2)3)7-5-6-8-13/h9,12,17H,4-8,15H2,1-3H3. The van der Waals surface area contributed by atoms with Gasteiger partial charge >= 0.3 is 0 Å². The Bertz CT molecular complexity index is 423. The van der Waals surface area contributed by atoms with Gasteiger partial charge in [0.1, 0.15) is 0 Å². The van der Waals surface area contributed by atoms with Crippen LogP contribution in [-0.4, -0.2) is 34.3 Å². The normalized spacial score (nSPS) is 20.1. The Morgan fingerprint density at radius 3 is 2.63 bits per heavy atom. The highest BCUT2D eigenvalue weighted by Crippen LogP contribution is 2.44. The Morgan fingerprint density at radius 1 is 1.53 bits per heavy atom. The van der Waals surface area contributed by atoms with Crippen LogP contribution < -0.4 is 11.3 Å². The number of nitrogens with two attached hydrogens (primary N) is 1. The predicted molar refractivity (Wildman–Crippen MR) is 80.6 cm³/mol. The Balaban J connectivity index is 2.45. The lowest BCUT2D eigenvalue weighted by Crippen LogP contribution is -2.54. The van der Waals surface area contributed by atoms with Crippen molar-refractivity contribution in [3.05, 3.63) is 16.4 Å². The molecule has 1 atom stereocenters. The number of hydrazine groups is 1. The van der Waals surface area contributed by atoms with Crippen molar-refractivity contribution in [2.24, 2.45) is 5.84 Å². The maximum atomic E-state index is 5.92. The number of aromatic nitrogens is 2. The van der Waals surface area contributed by atoms with Crippen LogP contribution in [0, 0.1) is 0 Å². The third kappa shape index (κ3) is 2.46. The van der Waals surface area contributed by atoms with Crippen LogP contribution in [0.1, 0.15) is 44.3 Å². The first-order valence-electron chi connectivity index (χ1n) is 6.91. The maximum absolute atomic E-state index is 5.92. The molecular formula is C13H24BrN5. The fourth-order valence-corrected chi connectivity index (χ4v) is 3.91. The molecule has 19 heavy (non-hydrogen) atoms. The van der Waals surface area contributed by atoms with E-state index in [0.29, 0.717) is 0 Å². The molecule has 1 aromatic rings. The molecule has 0 amide bonds. The summed E-state index contributed by atoms with van der Waals surface area (Å²) < 4.78 is 3.06. The fourth-order valence-electron chi connectivity index (χ4n) is 3.38. The molecule has 1 fully saturated rings. The Kier molecular flexibility index (Phi) is 4.66. The first-order valence-corrected chi connectivity index (χ1v) is 7.71. The van der Waals surface area contributed by atoms with Gasteiger partial charge in [-0.2, -0.15) is 5.10 Å². The molecule has 1 aromatic heterocycles. The third-order valence-electron chi connectivity index (χ3n) is 4.47. The zero-order chi connectivity index (χ0) is 14.0. The van der Waals surface area contributed by atoms with Crippen molar-refractivity contribution in [3.63, 3.8) is 0 Å². The van der Waals surface area contributed by atoms with Gasteiger partial charge in [0, 0.05) is 12.1 Å². The molecule has 6 heteroatoms. The second-order valence-corrected chi connectivity index (χ2v) is 6.35. The molecule has 0 spiro atoms. The van der Waals surface area contributed by atoms with E-state index < -0.39 is 0 Å². The van der Waals surface area contributed by atoms with Gasteiger partial charge in [0.25, 0.3) is 0 Å². The van der Waals surface area contributed by atoms with Crippen LogP contribution in [-0.2, 0) is 6.54 Å². The van der Waals surface area contributed by atoms with Gasteiger partial charge in [-0.05, 0) is 49.8 Å². The average molecular weight is 330 g/mol. The smallest absolute Gasteiger partial charge is 0.0823 e. The summed E-state index contributed by atoms with van der Waals surface area (Å²) in [5.74, 6) is 5.92. The molecule has 0 radical (unpaired) electrons. The van der Waals surface area contributed by atoms with Crippen LogP contribution in [0.4, 0.5) is 0 Å². The molecule has 108 valence electrons. The van der Waals surface area contributed by atoms with Crippen LogP contribution in [0.5, 0.6) is 0 Å². The minimum Gasteiger partial charge on any atom is -0.302 e. The summed E-state index contributed by atoms with van der Waals surface area (Å²) >= 11 is 3.62. The SMILES string of the molecule is CCn1ncc(Br)c1C(NN)C1(N(C)C)CCCC1. The molecule has 0 aliphatic heterocycles. The summed E-state index contributed by atoms with van der Waals surface area (Å²) in [6, 6.07) is 0.0850. The Labute approximate surface area is 123 Å². The second-order valence-electron chi connectivity index (χ2n) is 5.50. The van der Waals surface area contributed by atoms with Crippen molar-refractivity contribution in [2.75, 3.05) is 14.1 Å². The third-order valence-corrected chi connectivity index (χ3v) is 5.08. The highest BCUT2D eigenvalue weighted by molar-refractivity contribution is 9.10. The molecular weight excluding hydrogens is 306 g/mol. The molecule has 1 heterocycles.